The number of carbonyl (C=O) groups is 1. The number of hydrogen-bond acceptors (Lipinski definition) is 3. The van der Waals surface area contributed by atoms with Crippen LogP contribution in [0.4, 0.5) is 0 Å². The smallest absolute Gasteiger partial charge is 0.405 e. The summed E-state index contributed by atoms with van der Waals surface area (Å²) in [6.07, 6.45) is 5.09. The molecule has 0 aromatic carbocycles. The molecule has 1 aliphatic rings. The second kappa shape index (κ2) is 5.12. The van der Waals surface area contributed by atoms with E-state index in [2.05, 4.69) is 13.2 Å². The maximum Gasteiger partial charge on any atom is 0.405 e. The first-order chi connectivity index (χ1) is 6.72. The molecule has 0 amide bonds. The summed E-state index contributed by atoms with van der Waals surface area (Å²) in [5.41, 5.74) is 0. The molecule has 1 heterocycles. The monoisotopic (exact) mass is 212 g/mol. The highest BCUT2D eigenvalue weighted by Gasteiger charge is 2.41. The predicted molar refractivity (Wildman–Crippen MR) is 57.0 cm³/mol. The standard InChI is InChI=1S/C10H16O3Si/c1-3-8-14(13-10(11)4-2)9-6-5-7-12-14/h3-4H,1-2,5-9H2. The fraction of sp³-hybridized carbons (Fsp3) is 0.500. The third-order valence-corrected chi connectivity index (χ3v) is 5.56. The molecule has 0 N–H and O–H groups in total. The van der Waals surface area contributed by atoms with Gasteiger partial charge in [0.25, 0.3) is 0 Å². The molecule has 1 unspecified atom stereocenters. The van der Waals surface area contributed by atoms with Gasteiger partial charge in [-0.3, -0.25) is 0 Å². The molecule has 14 heavy (non-hydrogen) atoms. The molecule has 1 atom stereocenters. The number of allylic oxidation sites excluding steroid dienone is 1. The summed E-state index contributed by atoms with van der Waals surface area (Å²) < 4.78 is 11.0. The normalized spacial score (nSPS) is 26.6. The van der Waals surface area contributed by atoms with Gasteiger partial charge in [0, 0.05) is 24.8 Å². The maximum atomic E-state index is 11.1. The highest BCUT2D eigenvalue weighted by molar-refractivity contribution is 6.69. The molecule has 4 heteroatoms. The van der Waals surface area contributed by atoms with Gasteiger partial charge in [0.1, 0.15) is 0 Å². The topological polar surface area (TPSA) is 35.5 Å². The Morgan fingerprint density at radius 2 is 2.29 bits per heavy atom. The van der Waals surface area contributed by atoms with E-state index in [9.17, 15) is 4.79 Å². The summed E-state index contributed by atoms with van der Waals surface area (Å²) in [6.45, 7) is 7.75. The van der Waals surface area contributed by atoms with Gasteiger partial charge in [-0.15, -0.1) is 6.58 Å². The summed E-state index contributed by atoms with van der Waals surface area (Å²) in [4.78, 5) is 11.1. The molecule has 0 radical (unpaired) electrons. The zero-order valence-corrected chi connectivity index (χ0v) is 9.33. The molecule has 0 aromatic rings. The van der Waals surface area contributed by atoms with Crippen molar-refractivity contribution in [1.82, 2.24) is 0 Å². The quantitative estimate of drug-likeness (QED) is 0.407. The zero-order chi connectivity index (χ0) is 10.4. The molecule has 0 aliphatic carbocycles. The van der Waals surface area contributed by atoms with Crippen LogP contribution in [0.15, 0.2) is 25.3 Å². The van der Waals surface area contributed by atoms with Crippen molar-refractivity contribution >= 4 is 14.5 Å². The van der Waals surface area contributed by atoms with Crippen molar-refractivity contribution in [2.24, 2.45) is 0 Å². The first kappa shape index (κ1) is 11.2. The summed E-state index contributed by atoms with van der Waals surface area (Å²) in [5.74, 6) is -0.375. The van der Waals surface area contributed by atoms with Crippen LogP contribution in [0.2, 0.25) is 12.1 Å². The summed E-state index contributed by atoms with van der Waals surface area (Å²) >= 11 is 0. The Balaban J connectivity index is 2.63. The Morgan fingerprint density at radius 3 is 2.79 bits per heavy atom. The minimum Gasteiger partial charge on any atom is -0.491 e. The Morgan fingerprint density at radius 1 is 1.50 bits per heavy atom. The van der Waals surface area contributed by atoms with Gasteiger partial charge in [-0.2, -0.15) is 0 Å². The van der Waals surface area contributed by atoms with Crippen LogP contribution in [0.5, 0.6) is 0 Å². The van der Waals surface area contributed by atoms with Gasteiger partial charge in [0.05, 0.1) is 0 Å². The Hall–Kier alpha value is -0.873. The lowest BCUT2D eigenvalue weighted by molar-refractivity contribution is -0.131. The summed E-state index contributed by atoms with van der Waals surface area (Å²) in [6, 6.07) is 1.55. The molecule has 0 aromatic heterocycles. The molecule has 0 spiro atoms. The molecular formula is C10H16O3Si. The molecule has 3 nitrogen and oxygen atoms in total. The zero-order valence-electron chi connectivity index (χ0n) is 8.33. The second-order valence-corrected chi connectivity index (χ2v) is 6.56. The van der Waals surface area contributed by atoms with Crippen LogP contribution in [0.25, 0.3) is 0 Å². The van der Waals surface area contributed by atoms with E-state index >= 15 is 0 Å². The van der Waals surface area contributed by atoms with Crippen LogP contribution in [-0.4, -0.2) is 21.1 Å². The van der Waals surface area contributed by atoms with Crippen LogP contribution >= 0.6 is 0 Å². The average Bonchev–Trinajstić information content (AvgIpc) is 2.19. The maximum absolute atomic E-state index is 11.1. The summed E-state index contributed by atoms with van der Waals surface area (Å²) in [5, 5.41) is 0. The van der Waals surface area contributed by atoms with E-state index in [1.165, 1.54) is 6.08 Å². The van der Waals surface area contributed by atoms with E-state index in [-0.39, 0.29) is 5.97 Å². The van der Waals surface area contributed by atoms with Crippen LogP contribution in [0.1, 0.15) is 12.8 Å². The predicted octanol–water partition coefficient (Wildman–Crippen LogP) is 2.15. The van der Waals surface area contributed by atoms with Crippen molar-refractivity contribution in [3.63, 3.8) is 0 Å². The second-order valence-electron chi connectivity index (χ2n) is 3.33. The number of carbonyl (C=O) groups excluding carboxylic acids is 1. The average molecular weight is 212 g/mol. The highest BCUT2D eigenvalue weighted by Crippen LogP contribution is 2.27. The lowest BCUT2D eigenvalue weighted by Crippen LogP contribution is -2.45. The van der Waals surface area contributed by atoms with Gasteiger partial charge in [-0.05, 0) is 12.8 Å². The fourth-order valence-corrected chi connectivity index (χ4v) is 4.46. The third-order valence-electron chi connectivity index (χ3n) is 2.23. The van der Waals surface area contributed by atoms with Crippen LogP contribution in [0.3, 0.4) is 0 Å². The molecule has 1 aliphatic heterocycles. The molecule has 1 rings (SSSR count). The van der Waals surface area contributed by atoms with Crippen molar-refractivity contribution < 1.29 is 13.6 Å². The minimum absolute atomic E-state index is 0.375. The van der Waals surface area contributed by atoms with E-state index in [0.29, 0.717) is 12.7 Å². The van der Waals surface area contributed by atoms with Crippen molar-refractivity contribution in [2.45, 2.75) is 24.9 Å². The van der Waals surface area contributed by atoms with Crippen LogP contribution in [-0.2, 0) is 13.6 Å². The lowest BCUT2D eigenvalue weighted by atomic mass is 10.4. The van der Waals surface area contributed by atoms with E-state index < -0.39 is 8.56 Å². The van der Waals surface area contributed by atoms with Gasteiger partial charge < -0.3 is 8.85 Å². The van der Waals surface area contributed by atoms with Gasteiger partial charge in [0.2, 0.25) is 0 Å². The first-order valence-corrected chi connectivity index (χ1v) is 7.06. The largest absolute Gasteiger partial charge is 0.491 e. The Bertz CT molecular complexity index is 232. The van der Waals surface area contributed by atoms with E-state index in [0.717, 1.165) is 18.9 Å². The van der Waals surface area contributed by atoms with E-state index in [4.69, 9.17) is 8.85 Å². The molecule has 78 valence electrons. The van der Waals surface area contributed by atoms with Gasteiger partial charge in [0.15, 0.2) is 0 Å². The molecular weight excluding hydrogens is 196 g/mol. The fourth-order valence-electron chi connectivity index (χ4n) is 1.55. The number of rotatable bonds is 4. The van der Waals surface area contributed by atoms with E-state index in [1.54, 1.807) is 6.08 Å². The lowest BCUT2D eigenvalue weighted by Gasteiger charge is -2.32. The van der Waals surface area contributed by atoms with Crippen molar-refractivity contribution in [3.05, 3.63) is 25.3 Å². The van der Waals surface area contributed by atoms with Crippen molar-refractivity contribution in [1.29, 1.82) is 0 Å². The van der Waals surface area contributed by atoms with Gasteiger partial charge >= 0.3 is 14.5 Å². The van der Waals surface area contributed by atoms with Gasteiger partial charge in [-0.1, -0.05) is 12.7 Å². The van der Waals surface area contributed by atoms with Crippen LogP contribution < -0.4 is 0 Å². The van der Waals surface area contributed by atoms with Crippen molar-refractivity contribution in [2.75, 3.05) is 6.61 Å². The highest BCUT2D eigenvalue weighted by atomic mass is 28.4. The molecule has 0 bridgehead atoms. The molecule has 1 fully saturated rings. The van der Waals surface area contributed by atoms with Gasteiger partial charge in [-0.25, -0.2) is 4.79 Å². The SMILES string of the molecule is C=CC[Si]1(OC(=O)C=C)CCCCO1. The molecule has 0 saturated carbocycles. The minimum atomic E-state index is -2.31. The van der Waals surface area contributed by atoms with Crippen LogP contribution in [0, 0.1) is 0 Å². The first-order valence-electron chi connectivity index (χ1n) is 4.83. The number of hydrogen-bond donors (Lipinski definition) is 0. The summed E-state index contributed by atoms with van der Waals surface area (Å²) in [7, 11) is -2.31. The Labute approximate surface area is 85.7 Å². The Kier molecular flexibility index (Phi) is 4.10. The molecule has 1 saturated heterocycles. The third kappa shape index (κ3) is 2.82. The van der Waals surface area contributed by atoms with Crippen molar-refractivity contribution in [3.8, 4) is 0 Å². The van der Waals surface area contributed by atoms with E-state index in [1.807, 2.05) is 0 Å².